The van der Waals surface area contributed by atoms with Crippen LogP contribution in [0.3, 0.4) is 0 Å². The third-order valence-electron chi connectivity index (χ3n) is 3.30. The van der Waals surface area contributed by atoms with Gasteiger partial charge in [0.2, 0.25) is 0 Å². The average molecular weight is 304 g/mol. The van der Waals surface area contributed by atoms with Crippen molar-refractivity contribution in [2.24, 2.45) is 0 Å². The first kappa shape index (κ1) is 15.5. The number of aryl methyl sites for hydroxylation is 1. The fraction of sp³-hybridized carbons (Fsp3) is 0.312. The van der Waals surface area contributed by atoms with Crippen molar-refractivity contribution in [1.29, 1.82) is 0 Å². The molecule has 0 aliphatic heterocycles. The summed E-state index contributed by atoms with van der Waals surface area (Å²) in [4.78, 5) is 13.2. The Kier molecular flexibility index (Phi) is 5.78. The largest absolute Gasteiger partial charge is 0.396 e. The van der Waals surface area contributed by atoms with Gasteiger partial charge in [-0.1, -0.05) is 30.3 Å². The molecule has 1 aromatic carbocycles. The molecule has 2 aromatic rings. The van der Waals surface area contributed by atoms with Crippen molar-refractivity contribution in [2.75, 3.05) is 6.61 Å². The van der Waals surface area contributed by atoms with Crippen LogP contribution in [0.4, 0.5) is 4.79 Å². The molecule has 1 aromatic heterocycles. The average Bonchev–Trinajstić information content (AvgIpc) is 2.91. The lowest BCUT2D eigenvalue weighted by atomic mass is 10.0. The van der Waals surface area contributed by atoms with Gasteiger partial charge in [-0.05, 0) is 35.9 Å². The van der Waals surface area contributed by atoms with E-state index in [4.69, 9.17) is 5.11 Å². The third kappa shape index (κ3) is 4.58. The number of rotatable bonds is 6. The zero-order valence-electron chi connectivity index (χ0n) is 12.0. The lowest BCUT2D eigenvalue weighted by Crippen LogP contribution is -2.37. The fourth-order valence-electron chi connectivity index (χ4n) is 2.09. The molecule has 0 saturated heterocycles. The van der Waals surface area contributed by atoms with Crippen LogP contribution < -0.4 is 10.6 Å². The smallest absolute Gasteiger partial charge is 0.315 e. The highest BCUT2D eigenvalue weighted by atomic mass is 32.1. The molecule has 3 N–H and O–H groups in total. The fourth-order valence-corrected chi connectivity index (χ4v) is 2.94. The predicted molar refractivity (Wildman–Crippen MR) is 85.3 cm³/mol. The Bertz CT molecular complexity index is 569. The third-order valence-corrected chi connectivity index (χ3v) is 4.33. The quantitative estimate of drug-likeness (QED) is 0.768. The Hall–Kier alpha value is -1.85. The summed E-state index contributed by atoms with van der Waals surface area (Å²) in [5.74, 6) is 0. The molecule has 0 bridgehead atoms. The van der Waals surface area contributed by atoms with Crippen molar-refractivity contribution in [3.05, 3.63) is 57.8 Å². The molecule has 2 amide bonds. The summed E-state index contributed by atoms with van der Waals surface area (Å²) in [5.41, 5.74) is 2.18. The molecule has 1 heterocycles. The molecule has 0 saturated carbocycles. The maximum absolute atomic E-state index is 12.0. The van der Waals surface area contributed by atoms with Gasteiger partial charge in [-0.2, -0.15) is 0 Å². The molecular weight excluding hydrogens is 284 g/mol. The normalized spacial score (nSPS) is 11.9. The Morgan fingerprint density at radius 3 is 2.67 bits per heavy atom. The van der Waals surface area contributed by atoms with E-state index in [1.165, 1.54) is 5.56 Å². The minimum absolute atomic E-state index is 0.0316. The van der Waals surface area contributed by atoms with Gasteiger partial charge >= 0.3 is 6.03 Å². The maximum atomic E-state index is 12.0. The second-order valence-corrected chi connectivity index (χ2v) is 5.83. The zero-order chi connectivity index (χ0) is 15.1. The molecule has 112 valence electrons. The number of aliphatic hydroxyl groups is 1. The minimum Gasteiger partial charge on any atom is -0.396 e. The number of hydrogen-bond acceptors (Lipinski definition) is 3. The molecular formula is C16H20N2O2S. The van der Waals surface area contributed by atoms with Crippen LogP contribution in [-0.4, -0.2) is 17.7 Å². The summed E-state index contributed by atoms with van der Waals surface area (Å²) in [5, 5.41) is 16.9. The number of aliphatic hydroxyl groups excluding tert-OH is 1. The van der Waals surface area contributed by atoms with E-state index in [9.17, 15) is 4.79 Å². The lowest BCUT2D eigenvalue weighted by Gasteiger charge is -2.18. The number of carbonyl (C=O) groups is 1. The van der Waals surface area contributed by atoms with Gasteiger partial charge in [-0.3, -0.25) is 0 Å². The van der Waals surface area contributed by atoms with Crippen LogP contribution in [0.5, 0.6) is 0 Å². The monoisotopic (exact) mass is 304 g/mol. The van der Waals surface area contributed by atoms with Crippen LogP contribution in [0.2, 0.25) is 0 Å². The summed E-state index contributed by atoms with van der Waals surface area (Å²) < 4.78 is 0. The van der Waals surface area contributed by atoms with Gasteiger partial charge in [0, 0.05) is 11.5 Å². The van der Waals surface area contributed by atoms with Crippen molar-refractivity contribution in [3.63, 3.8) is 0 Å². The van der Waals surface area contributed by atoms with Gasteiger partial charge in [0.1, 0.15) is 0 Å². The summed E-state index contributed by atoms with van der Waals surface area (Å²) in [7, 11) is 0. The van der Waals surface area contributed by atoms with Gasteiger partial charge in [0.25, 0.3) is 0 Å². The molecule has 0 aliphatic rings. The molecule has 21 heavy (non-hydrogen) atoms. The Balaban J connectivity index is 1.91. The van der Waals surface area contributed by atoms with Crippen LogP contribution in [0.25, 0.3) is 0 Å². The summed E-state index contributed by atoms with van der Waals surface area (Å²) in [6.45, 7) is 2.59. The molecule has 1 atom stereocenters. The maximum Gasteiger partial charge on any atom is 0.315 e. The highest BCUT2D eigenvalue weighted by Gasteiger charge is 2.13. The number of thiophene rings is 1. The van der Waals surface area contributed by atoms with E-state index in [0.717, 1.165) is 10.4 Å². The van der Waals surface area contributed by atoms with Crippen molar-refractivity contribution < 1.29 is 9.90 Å². The SMILES string of the molecule is Cc1ccsc1CNC(=O)N[C@H](CCO)c1ccccc1. The van der Waals surface area contributed by atoms with Crippen molar-refractivity contribution in [3.8, 4) is 0 Å². The topological polar surface area (TPSA) is 61.4 Å². The molecule has 0 radical (unpaired) electrons. The first-order chi connectivity index (χ1) is 10.2. The van der Waals surface area contributed by atoms with Crippen molar-refractivity contribution in [2.45, 2.75) is 25.9 Å². The van der Waals surface area contributed by atoms with Gasteiger partial charge < -0.3 is 15.7 Å². The van der Waals surface area contributed by atoms with Gasteiger partial charge in [-0.15, -0.1) is 11.3 Å². The van der Waals surface area contributed by atoms with E-state index in [0.29, 0.717) is 13.0 Å². The zero-order valence-corrected chi connectivity index (χ0v) is 12.8. The van der Waals surface area contributed by atoms with Gasteiger partial charge in [0.15, 0.2) is 0 Å². The summed E-state index contributed by atoms with van der Waals surface area (Å²) in [6, 6.07) is 11.3. The van der Waals surface area contributed by atoms with E-state index >= 15 is 0 Å². The number of hydrogen-bond donors (Lipinski definition) is 3. The van der Waals surface area contributed by atoms with E-state index in [2.05, 4.69) is 10.6 Å². The molecule has 0 unspecified atom stereocenters. The number of carbonyl (C=O) groups excluding carboxylic acids is 1. The van der Waals surface area contributed by atoms with E-state index < -0.39 is 0 Å². The first-order valence-electron chi connectivity index (χ1n) is 6.94. The van der Waals surface area contributed by atoms with Crippen LogP contribution in [0.15, 0.2) is 41.8 Å². The molecule has 0 fully saturated rings. The van der Waals surface area contributed by atoms with Crippen molar-refractivity contribution >= 4 is 17.4 Å². The summed E-state index contributed by atoms with van der Waals surface area (Å²) >= 11 is 1.63. The first-order valence-corrected chi connectivity index (χ1v) is 7.82. The number of nitrogens with one attached hydrogen (secondary N) is 2. The minimum atomic E-state index is -0.217. The number of amides is 2. The summed E-state index contributed by atoms with van der Waals surface area (Å²) in [6.07, 6.45) is 0.495. The Labute approximate surface area is 128 Å². The number of urea groups is 1. The second-order valence-electron chi connectivity index (χ2n) is 4.83. The highest BCUT2D eigenvalue weighted by Crippen LogP contribution is 2.17. The van der Waals surface area contributed by atoms with E-state index in [-0.39, 0.29) is 18.7 Å². The number of benzene rings is 1. The van der Waals surface area contributed by atoms with Gasteiger partial charge in [-0.25, -0.2) is 4.79 Å². The van der Waals surface area contributed by atoms with Crippen LogP contribution in [-0.2, 0) is 6.54 Å². The molecule has 0 aliphatic carbocycles. The van der Waals surface area contributed by atoms with E-state index in [1.54, 1.807) is 11.3 Å². The van der Waals surface area contributed by atoms with Crippen LogP contribution in [0.1, 0.15) is 28.5 Å². The van der Waals surface area contributed by atoms with E-state index in [1.807, 2.05) is 48.7 Å². The van der Waals surface area contributed by atoms with Crippen LogP contribution in [0, 0.1) is 6.92 Å². The van der Waals surface area contributed by atoms with Crippen LogP contribution >= 0.6 is 11.3 Å². The molecule has 2 rings (SSSR count). The molecule has 4 nitrogen and oxygen atoms in total. The molecule has 0 spiro atoms. The molecule has 5 heteroatoms. The lowest BCUT2D eigenvalue weighted by molar-refractivity contribution is 0.229. The highest BCUT2D eigenvalue weighted by molar-refractivity contribution is 7.10. The standard InChI is InChI=1S/C16H20N2O2S/c1-12-8-10-21-15(12)11-17-16(20)18-14(7-9-19)13-5-3-2-4-6-13/h2-6,8,10,14,19H,7,9,11H2,1H3,(H2,17,18,20)/t14-/m1/s1. The van der Waals surface area contributed by atoms with Crippen molar-refractivity contribution in [1.82, 2.24) is 10.6 Å². The predicted octanol–water partition coefficient (Wildman–Crippen LogP) is 2.98. The second kappa shape index (κ2) is 7.81. The Morgan fingerprint density at radius 2 is 2.05 bits per heavy atom. The Morgan fingerprint density at radius 1 is 1.29 bits per heavy atom. The van der Waals surface area contributed by atoms with Gasteiger partial charge in [0.05, 0.1) is 12.6 Å².